The van der Waals surface area contributed by atoms with E-state index >= 15 is 0 Å². The summed E-state index contributed by atoms with van der Waals surface area (Å²) in [6.45, 7) is 7.91. The Morgan fingerprint density at radius 1 is 1.09 bits per heavy atom. The third-order valence-corrected chi connectivity index (χ3v) is 5.50. The number of aromatic amines is 1. The normalized spacial score (nSPS) is 14.3. The first kappa shape index (κ1) is 23.1. The third-order valence-electron chi connectivity index (χ3n) is 5.50. The molecule has 1 aliphatic heterocycles. The third kappa shape index (κ3) is 5.65. The second kappa shape index (κ2) is 9.84. The number of hydrogen-bond acceptors (Lipinski definition) is 5. The fourth-order valence-corrected chi connectivity index (χ4v) is 3.83. The second-order valence-electron chi connectivity index (χ2n) is 9.22. The van der Waals surface area contributed by atoms with Crippen LogP contribution in [-0.4, -0.2) is 52.7 Å². The van der Waals surface area contributed by atoms with E-state index in [9.17, 15) is 10.1 Å². The zero-order chi connectivity index (χ0) is 24.1. The molecule has 0 spiro atoms. The van der Waals surface area contributed by atoms with Crippen LogP contribution in [0.4, 0.5) is 10.6 Å². The summed E-state index contributed by atoms with van der Waals surface area (Å²) in [4.78, 5) is 24.0. The lowest BCUT2D eigenvalue weighted by molar-refractivity contribution is 0.0240. The van der Waals surface area contributed by atoms with Crippen molar-refractivity contribution in [2.24, 2.45) is 0 Å². The van der Waals surface area contributed by atoms with Crippen molar-refractivity contribution in [1.29, 1.82) is 5.26 Å². The Hall–Kier alpha value is -4.05. The number of carbonyl (C=O) groups is 1. The van der Waals surface area contributed by atoms with Gasteiger partial charge < -0.3 is 19.5 Å². The number of nitriles is 1. The highest BCUT2D eigenvalue weighted by Gasteiger charge is 2.27. The van der Waals surface area contributed by atoms with Crippen LogP contribution in [0.3, 0.4) is 0 Å². The van der Waals surface area contributed by atoms with E-state index in [0.717, 1.165) is 28.3 Å². The number of piperazine rings is 1. The lowest BCUT2D eigenvalue weighted by Gasteiger charge is -2.36. The molecule has 0 bridgehead atoms. The van der Waals surface area contributed by atoms with Crippen LogP contribution in [0.5, 0.6) is 0 Å². The maximum absolute atomic E-state index is 12.4. The Kier molecular flexibility index (Phi) is 6.69. The summed E-state index contributed by atoms with van der Waals surface area (Å²) in [5, 5.41) is 9.74. The van der Waals surface area contributed by atoms with E-state index in [2.05, 4.69) is 20.9 Å². The summed E-state index contributed by atoms with van der Waals surface area (Å²) in [5.41, 5.74) is 3.82. The van der Waals surface area contributed by atoms with Crippen molar-refractivity contribution in [2.45, 2.75) is 26.4 Å². The van der Waals surface area contributed by atoms with Crippen LogP contribution < -0.4 is 4.90 Å². The first-order chi connectivity index (χ1) is 16.3. The SMILES string of the molecule is CC(C)(C)OC(=O)N1CCN(c2[nH]c(-c3ccnc(/C=C/c4ccccc4)c3)cc2C#N)CC1. The van der Waals surface area contributed by atoms with E-state index in [0.29, 0.717) is 31.7 Å². The van der Waals surface area contributed by atoms with E-state index in [1.165, 1.54) is 0 Å². The number of anilines is 1. The number of amides is 1. The number of nitrogens with zero attached hydrogens (tertiary/aromatic N) is 4. The second-order valence-corrected chi connectivity index (χ2v) is 9.22. The molecule has 0 atom stereocenters. The predicted octanol–water partition coefficient (Wildman–Crippen LogP) is 5.18. The van der Waals surface area contributed by atoms with Crippen molar-refractivity contribution in [3.63, 3.8) is 0 Å². The van der Waals surface area contributed by atoms with Gasteiger partial charge in [0.05, 0.1) is 11.3 Å². The van der Waals surface area contributed by atoms with E-state index < -0.39 is 5.60 Å². The molecule has 2 aromatic heterocycles. The van der Waals surface area contributed by atoms with Gasteiger partial charge in [-0.05, 0) is 50.6 Å². The van der Waals surface area contributed by atoms with Gasteiger partial charge in [0.15, 0.2) is 0 Å². The molecule has 7 nitrogen and oxygen atoms in total. The summed E-state index contributed by atoms with van der Waals surface area (Å²) in [6.07, 6.45) is 5.47. The average Bonchev–Trinajstić information content (AvgIpc) is 3.27. The molecule has 1 aliphatic rings. The van der Waals surface area contributed by atoms with Crippen molar-refractivity contribution in [2.75, 3.05) is 31.1 Å². The number of benzene rings is 1. The quantitative estimate of drug-likeness (QED) is 0.586. The Morgan fingerprint density at radius 2 is 1.82 bits per heavy atom. The Balaban J connectivity index is 1.48. The number of nitrogens with one attached hydrogen (secondary N) is 1. The topological polar surface area (TPSA) is 85.2 Å². The summed E-state index contributed by atoms with van der Waals surface area (Å²) in [5.74, 6) is 0.777. The number of ether oxygens (including phenoxy) is 1. The van der Waals surface area contributed by atoms with Gasteiger partial charge in [-0.3, -0.25) is 4.98 Å². The molecule has 1 N–H and O–H groups in total. The lowest BCUT2D eigenvalue weighted by Crippen LogP contribution is -2.50. The summed E-state index contributed by atoms with van der Waals surface area (Å²) in [7, 11) is 0. The molecule has 34 heavy (non-hydrogen) atoms. The molecule has 0 saturated carbocycles. The van der Waals surface area contributed by atoms with Gasteiger partial charge in [-0.2, -0.15) is 5.26 Å². The Morgan fingerprint density at radius 3 is 2.50 bits per heavy atom. The van der Waals surface area contributed by atoms with E-state index in [-0.39, 0.29) is 6.09 Å². The average molecular weight is 456 g/mol. The largest absolute Gasteiger partial charge is 0.444 e. The molecule has 0 unspecified atom stereocenters. The summed E-state index contributed by atoms with van der Waals surface area (Å²) in [6, 6.07) is 18.2. The van der Waals surface area contributed by atoms with Gasteiger partial charge in [-0.25, -0.2) is 4.79 Å². The van der Waals surface area contributed by atoms with Crippen LogP contribution in [0, 0.1) is 11.3 Å². The van der Waals surface area contributed by atoms with Crippen molar-refractivity contribution in [1.82, 2.24) is 14.9 Å². The van der Waals surface area contributed by atoms with Crippen LogP contribution in [0.2, 0.25) is 0 Å². The molecular formula is C27H29N5O2. The number of pyridine rings is 1. The molecule has 0 aliphatic carbocycles. The number of hydrogen-bond donors (Lipinski definition) is 1. The highest BCUT2D eigenvalue weighted by Crippen LogP contribution is 2.28. The molecule has 174 valence electrons. The molecule has 4 rings (SSSR count). The smallest absolute Gasteiger partial charge is 0.410 e. The van der Waals surface area contributed by atoms with Crippen molar-refractivity contribution < 1.29 is 9.53 Å². The fourth-order valence-electron chi connectivity index (χ4n) is 3.83. The Labute approximate surface area is 200 Å². The number of aromatic nitrogens is 2. The first-order valence-electron chi connectivity index (χ1n) is 11.4. The Bertz CT molecular complexity index is 1210. The molecule has 3 heterocycles. The molecule has 1 aromatic carbocycles. The molecule has 1 saturated heterocycles. The predicted molar refractivity (Wildman–Crippen MR) is 134 cm³/mol. The van der Waals surface area contributed by atoms with Crippen LogP contribution in [0.15, 0.2) is 54.7 Å². The van der Waals surface area contributed by atoms with Gasteiger partial charge in [0.25, 0.3) is 0 Å². The monoisotopic (exact) mass is 455 g/mol. The van der Waals surface area contributed by atoms with Gasteiger partial charge in [0.1, 0.15) is 17.5 Å². The number of H-pyrrole nitrogens is 1. The molecule has 1 amide bonds. The van der Waals surface area contributed by atoms with Crippen LogP contribution in [0.25, 0.3) is 23.4 Å². The standard InChI is InChI=1S/C27H29N5O2/c1-27(2,3)34-26(33)32-15-13-31(14-16-32)25-22(19-28)18-24(30-25)21-11-12-29-23(17-21)10-9-20-7-5-4-6-8-20/h4-12,17-18,30H,13-16H2,1-3H3/b10-9+. The molecule has 7 heteroatoms. The molecule has 3 aromatic rings. The van der Waals surface area contributed by atoms with Gasteiger partial charge in [0, 0.05) is 43.6 Å². The van der Waals surface area contributed by atoms with Gasteiger partial charge in [-0.15, -0.1) is 0 Å². The highest BCUT2D eigenvalue weighted by atomic mass is 16.6. The highest BCUT2D eigenvalue weighted by molar-refractivity contribution is 5.74. The first-order valence-corrected chi connectivity index (χ1v) is 11.4. The van der Waals surface area contributed by atoms with Gasteiger partial charge in [0.2, 0.25) is 0 Å². The number of carbonyl (C=O) groups excluding carboxylic acids is 1. The van der Waals surface area contributed by atoms with Crippen molar-refractivity contribution in [3.8, 4) is 17.3 Å². The van der Waals surface area contributed by atoms with E-state index in [1.807, 2.05) is 81.5 Å². The van der Waals surface area contributed by atoms with Crippen LogP contribution >= 0.6 is 0 Å². The lowest BCUT2D eigenvalue weighted by atomic mass is 10.1. The minimum atomic E-state index is -0.518. The van der Waals surface area contributed by atoms with Crippen molar-refractivity contribution >= 4 is 24.1 Å². The molecular weight excluding hydrogens is 426 g/mol. The fraction of sp³-hybridized carbons (Fsp3) is 0.296. The molecule has 1 fully saturated rings. The molecule has 0 radical (unpaired) electrons. The maximum Gasteiger partial charge on any atom is 0.410 e. The van der Waals surface area contributed by atoms with Crippen molar-refractivity contribution in [3.05, 3.63) is 71.5 Å². The number of rotatable bonds is 4. The maximum atomic E-state index is 12.4. The zero-order valence-electron chi connectivity index (χ0n) is 19.8. The van der Waals surface area contributed by atoms with Crippen LogP contribution in [0.1, 0.15) is 37.6 Å². The summed E-state index contributed by atoms with van der Waals surface area (Å²) < 4.78 is 5.48. The minimum absolute atomic E-state index is 0.298. The zero-order valence-corrected chi connectivity index (χ0v) is 19.8. The minimum Gasteiger partial charge on any atom is -0.444 e. The van der Waals surface area contributed by atoms with E-state index in [4.69, 9.17) is 4.74 Å². The van der Waals surface area contributed by atoms with Gasteiger partial charge >= 0.3 is 6.09 Å². The van der Waals surface area contributed by atoms with E-state index in [1.54, 1.807) is 11.1 Å². The van der Waals surface area contributed by atoms with Gasteiger partial charge in [-0.1, -0.05) is 36.4 Å². The summed E-state index contributed by atoms with van der Waals surface area (Å²) >= 11 is 0. The van der Waals surface area contributed by atoms with Crippen LogP contribution in [-0.2, 0) is 4.74 Å².